The van der Waals surface area contributed by atoms with Gasteiger partial charge in [0.15, 0.2) is 0 Å². The molecule has 7 heteroatoms. The van der Waals surface area contributed by atoms with Gasteiger partial charge in [-0.05, 0) is 38.2 Å². The molecule has 0 aliphatic carbocycles. The van der Waals surface area contributed by atoms with Crippen LogP contribution in [0.3, 0.4) is 0 Å². The third kappa shape index (κ3) is 5.67. The van der Waals surface area contributed by atoms with Gasteiger partial charge in [-0.1, -0.05) is 23.7 Å². The molecule has 0 spiro atoms. The van der Waals surface area contributed by atoms with Gasteiger partial charge in [0.1, 0.15) is 5.69 Å². The third-order valence-electron chi connectivity index (χ3n) is 2.78. The molecule has 1 amide bonds. The lowest BCUT2D eigenvalue weighted by Crippen LogP contribution is -2.27. The van der Waals surface area contributed by atoms with Crippen LogP contribution in [0.25, 0.3) is 10.9 Å². The Labute approximate surface area is 141 Å². The summed E-state index contributed by atoms with van der Waals surface area (Å²) in [6.07, 6.45) is 0.891. The minimum Gasteiger partial charge on any atom is -0.351 e. The number of hydrogen-bond acceptors (Lipinski definition) is 3. The van der Waals surface area contributed by atoms with Gasteiger partial charge in [0.25, 0.3) is 5.91 Å². The minimum atomic E-state index is -0.155. The maximum Gasteiger partial charge on any atom is 0.269 e. The van der Waals surface area contributed by atoms with Gasteiger partial charge in [0.05, 0.1) is 5.52 Å². The zero-order valence-corrected chi connectivity index (χ0v) is 13.9. The molecule has 2 aromatic rings. The van der Waals surface area contributed by atoms with Crippen LogP contribution < -0.4 is 10.6 Å². The van der Waals surface area contributed by atoms with Crippen LogP contribution in [-0.4, -0.2) is 31.0 Å². The van der Waals surface area contributed by atoms with E-state index in [1.807, 2.05) is 25.2 Å². The minimum absolute atomic E-state index is 0. The highest BCUT2D eigenvalue weighted by atomic mass is 35.5. The topological polar surface area (TPSA) is 54.0 Å². The highest BCUT2D eigenvalue weighted by Gasteiger charge is 2.07. The van der Waals surface area contributed by atoms with Gasteiger partial charge in [-0.2, -0.15) is 0 Å². The molecule has 0 radical (unpaired) electrons. The van der Waals surface area contributed by atoms with E-state index in [2.05, 4.69) is 15.6 Å². The van der Waals surface area contributed by atoms with E-state index in [-0.39, 0.29) is 30.7 Å². The van der Waals surface area contributed by atoms with Crippen molar-refractivity contribution in [3.05, 3.63) is 41.0 Å². The first-order valence-electron chi connectivity index (χ1n) is 6.20. The number of benzene rings is 1. The molecule has 0 bridgehead atoms. The van der Waals surface area contributed by atoms with Crippen molar-refractivity contribution in [3.63, 3.8) is 0 Å². The summed E-state index contributed by atoms with van der Waals surface area (Å²) in [6.45, 7) is 1.51. The van der Waals surface area contributed by atoms with Crippen LogP contribution >= 0.6 is 36.4 Å². The van der Waals surface area contributed by atoms with Crippen molar-refractivity contribution < 1.29 is 4.79 Å². The molecule has 0 atom stereocenters. The zero-order chi connectivity index (χ0) is 13.7. The molecule has 0 saturated heterocycles. The molecule has 2 rings (SSSR count). The van der Waals surface area contributed by atoms with Gasteiger partial charge in [-0.25, -0.2) is 4.98 Å². The van der Waals surface area contributed by atoms with Crippen molar-refractivity contribution in [3.8, 4) is 0 Å². The molecular formula is C14H18Cl3N3O. The summed E-state index contributed by atoms with van der Waals surface area (Å²) in [7, 11) is 1.89. The van der Waals surface area contributed by atoms with Gasteiger partial charge in [-0.15, -0.1) is 24.8 Å². The number of rotatable bonds is 5. The molecule has 21 heavy (non-hydrogen) atoms. The smallest absolute Gasteiger partial charge is 0.269 e. The number of fused-ring (bicyclic) bond motifs is 1. The van der Waals surface area contributed by atoms with Crippen LogP contribution in [0.4, 0.5) is 0 Å². The Bertz CT molecular complexity index is 593. The predicted octanol–water partition coefficient (Wildman–Crippen LogP) is 3.07. The Morgan fingerprint density at radius 1 is 1.19 bits per heavy atom. The summed E-state index contributed by atoms with van der Waals surface area (Å²) in [6, 6.07) is 9.06. The quantitative estimate of drug-likeness (QED) is 0.815. The first-order chi connectivity index (χ1) is 9.20. The average molecular weight is 351 g/mol. The van der Waals surface area contributed by atoms with Gasteiger partial charge < -0.3 is 10.6 Å². The monoisotopic (exact) mass is 349 g/mol. The van der Waals surface area contributed by atoms with E-state index in [0.717, 1.165) is 23.9 Å². The molecule has 0 unspecified atom stereocenters. The molecule has 1 aromatic heterocycles. The largest absolute Gasteiger partial charge is 0.351 e. The maximum atomic E-state index is 11.9. The van der Waals surface area contributed by atoms with Gasteiger partial charge in [0.2, 0.25) is 0 Å². The molecule has 0 aliphatic rings. The van der Waals surface area contributed by atoms with Gasteiger partial charge >= 0.3 is 0 Å². The number of nitrogens with one attached hydrogen (secondary N) is 2. The van der Waals surface area contributed by atoms with Crippen molar-refractivity contribution in [2.75, 3.05) is 20.1 Å². The number of halogens is 3. The Balaban J connectivity index is 0.00000200. The zero-order valence-electron chi connectivity index (χ0n) is 11.6. The summed E-state index contributed by atoms with van der Waals surface area (Å²) in [5, 5.41) is 7.45. The lowest BCUT2D eigenvalue weighted by atomic mass is 10.2. The van der Waals surface area contributed by atoms with E-state index >= 15 is 0 Å². The number of carbonyl (C=O) groups is 1. The fourth-order valence-electron chi connectivity index (χ4n) is 1.77. The Morgan fingerprint density at radius 2 is 1.90 bits per heavy atom. The first-order valence-corrected chi connectivity index (χ1v) is 6.57. The van der Waals surface area contributed by atoms with E-state index in [1.54, 1.807) is 12.1 Å². The van der Waals surface area contributed by atoms with E-state index in [9.17, 15) is 4.79 Å². The average Bonchev–Trinajstić information content (AvgIpc) is 2.42. The van der Waals surface area contributed by atoms with Crippen LogP contribution in [0.2, 0.25) is 5.02 Å². The highest BCUT2D eigenvalue weighted by molar-refractivity contribution is 6.31. The lowest BCUT2D eigenvalue weighted by molar-refractivity contribution is 0.0948. The van der Waals surface area contributed by atoms with Crippen molar-refractivity contribution >= 4 is 53.2 Å². The molecule has 0 fully saturated rings. The van der Waals surface area contributed by atoms with Crippen molar-refractivity contribution in [2.24, 2.45) is 0 Å². The summed E-state index contributed by atoms with van der Waals surface area (Å²) < 4.78 is 0. The van der Waals surface area contributed by atoms with Crippen molar-refractivity contribution in [2.45, 2.75) is 6.42 Å². The number of pyridine rings is 1. The fraction of sp³-hybridized carbons (Fsp3) is 0.286. The Kier molecular flexibility index (Phi) is 9.29. The second-order valence-corrected chi connectivity index (χ2v) is 4.68. The van der Waals surface area contributed by atoms with Crippen LogP contribution in [0, 0.1) is 0 Å². The van der Waals surface area contributed by atoms with E-state index in [4.69, 9.17) is 11.6 Å². The Hall–Kier alpha value is -1.07. The van der Waals surface area contributed by atoms with E-state index in [0.29, 0.717) is 17.3 Å². The molecule has 1 heterocycles. The Morgan fingerprint density at radius 3 is 2.62 bits per heavy atom. The molecular weight excluding hydrogens is 333 g/mol. The number of amides is 1. The normalized spacial score (nSPS) is 9.62. The second-order valence-electron chi connectivity index (χ2n) is 4.25. The lowest BCUT2D eigenvalue weighted by Gasteiger charge is -2.05. The summed E-state index contributed by atoms with van der Waals surface area (Å²) in [4.78, 5) is 16.2. The van der Waals surface area contributed by atoms with Gasteiger partial charge in [0, 0.05) is 17.0 Å². The third-order valence-corrected chi connectivity index (χ3v) is 3.01. The molecule has 4 nitrogen and oxygen atoms in total. The fourth-order valence-corrected chi connectivity index (χ4v) is 1.94. The number of carbonyl (C=O) groups excluding carboxylic acids is 1. The van der Waals surface area contributed by atoms with Crippen LogP contribution in [0.5, 0.6) is 0 Å². The highest BCUT2D eigenvalue weighted by Crippen LogP contribution is 2.17. The van der Waals surface area contributed by atoms with E-state index in [1.165, 1.54) is 0 Å². The molecule has 2 N–H and O–H groups in total. The van der Waals surface area contributed by atoms with Crippen LogP contribution in [-0.2, 0) is 0 Å². The molecule has 116 valence electrons. The standard InChI is InChI=1S/C14H16ClN3O.2ClH/c1-16-7-2-8-17-14(19)12-6-4-10-3-5-11(15)9-13(10)18-12;;/h3-6,9,16H,2,7-8H2,1H3,(H,17,19);2*1H. The summed E-state index contributed by atoms with van der Waals surface area (Å²) in [5.74, 6) is -0.155. The van der Waals surface area contributed by atoms with E-state index < -0.39 is 0 Å². The summed E-state index contributed by atoms with van der Waals surface area (Å²) >= 11 is 5.92. The summed E-state index contributed by atoms with van der Waals surface area (Å²) in [5.41, 5.74) is 1.15. The SMILES string of the molecule is CNCCCNC(=O)c1ccc2ccc(Cl)cc2n1.Cl.Cl. The van der Waals surface area contributed by atoms with Gasteiger partial charge in [-0.3, -0.25) is 4.79 Å². The van der Waals surface area contributed by atoms with Crippen LogP contribution in [0.1, 0.15) is 16.9 Å². The second kappa shape index (κ2) is 9.79. The first kappa shape index (κ1) is 19.9. The molecule has 1 aromatic carbocycles. The maximum absolute atomic E-state index is 11.9. The molecule has 0 saturated carbocycles. The van der Waals surface area contributed by atoms with Crippen LogP contribution in [0.15, 0.2) is 30.3 Å². The molecule has 0 aliphatic heterocycles. The number of nitrogens with zero attached hydrogens (tertiary/aromatic N) is 1. The van der Waals surface area contributed by atoms with Crippen molar-refractivity contribution in [1.82, 2.24) is 15.6 Å². The number of aromatic nitrogens is 1. The predicted molar refractivity (Wildman–Crippen MR) is 92.1 cm³/mol. The number of hydrogen-bond donors (Lipinski definition) is 2. The van der Waals surface area contributed by atoms with Crippen molar-refractivity contribution in [1.29, 1.82) is 0 Å².